The summed E-state index contributed by atoms with van der Waals surface area (Å²) in [7, 11) is 0. The molecule has 1 saturated heterocycles. The van der Waals surface area contributed by atoms with Gasteiger partial charge in [-0.25, -0.2) is 4.79 Å². The van der Waals surface area contributed by atoms with E-state index >= 15 is 0 Å². The van der Waals surface area contributed by atoms with Gasteiger partial charge in [0.1, 0.15) is 0 Å². The number of aryl methyl sites for hydroxylation is 1. The highest BCUT2D eigenvalue weighted by Gasteiger charge is 2.25. The number of aliphatic hydroxyl groups is 1. The van der Waals surface area contributed by atoms with E-state index < -0.39 is 0 Å². The normalized spacial score (nSPS) is 18.1. The molecule has 2 N–H and O–H groups in total. The zero-order valence-electron chi connectivity index (χ0n) is 11.8. The van der Waals surface area contributed by atoms with Gasteiger partial charge in [0.2, 0.25) is 0 Å². The van der Waals surface area contributed by atoms with Crippen LogP contribution in [0.25, 0.3) is 0 Å². The quantitative estimate of drug-likeness (QED) is 0.830. The molecule has 20 heavy (non-hydrogen) atoms. The predicted molar refractivity (Wildman–Crippen MR) is 77.0 cm³/mol. The van der Waals surface area contributed by atoms with E-state index in [1.54, 1.807) is 23.1 Å². The van der Waals surface area contributed by atoms with Crippen LogP contribution in [0.5, 0.6) is 0 Å². The first-order chi connectivity index (χ1) is 9.51. The van der Waals surface area contributed by atoms with Crippen molar-refractivity contribution < 1.29 is 14.7 Å². The molecule has 5 nitrogen and oxygen atoms in total. The lowest BCUT2D eigenvalue weighted by Gasteiger charge is -2.17. The van der Waals surface area contributed by atoms with E-state index in [-0.39, 0.29) is 24.3 Å². The number of ketones is 1. The fourth-order valence-corrected chi connectivity index (χ4v) is 2.51. The van der Waals surface area contributed by atoms with Crippen LogP contribution in [0.4, 0.5) is 10.5 Å². The van der Waals surface area contributed by atoms with Crippen molar-refractivity contribution in [2.24, 2.45) is 5.92 Å². The molecule has 1 unspecified atom stereocenters. The fraction of sp³-hybridized carbons (Fsp3) is 0.467. The van der Waals surface area contributed by atoms with Gasteiger partial charge in [0.15, 0.2) is 5.78 Å². The molecular weight excluding hydrogens is 256 g/mol. The van der Waals surface area contributed by atoms with Crippen molar-refractivity contribution in [1.29, 1.82) is 0 Å². The molecule has 1 heterocycles. The van der Waals surface area contributed by atoms with E-state index in [1.165, 1.54) is 6.92 Å². The molecule has 1 aromatic carbocycles. The lowest BCUT2D eigenvalue weighted by molar-refractivity contribution is 0.101. The zero-order valence-corrected chi connectivity index (χ0v) is 11.8. The molecule has 1 atom stereocenters. The smallest absolute Gasteiger partial charge is 0.321 e. The van der Waals surface area contributed by atoms with Crippen molar-refractivity contribution in [2.45, 2.75) is 20.3 Å². The molecule has 0 aliphatic carbocycles. The van der Waals surface area contributed by atoms with Gasteiger partial charge in [0, 0.05) is 36.9 Å². The van der Waals surface area contributed by atoms with E-state index in [0.717, 1.165) is 12.0 Å². The molecule has 0 aromatic heterocycles. The molecule has 2 amide bonds. The topological polar surface area (TPSA) is 69.6 Å². The van der Waals surface area contributed by atoms with Crippen molar-refractivity contribution in [3.63, 3.8) is 0 Å². The van der Waals surface area contributed by atoms with Gasteiger partial charge >= 0.3 is 6.03 Å². The number of likely N-dealkylation sites (tertiary alicyclic amines) is 1. The molecule has 0 saturated carbocycles. The standard InChI is InChI=1S/C15H20N2O3/c1-10-7-13(3-4-14(10)11(2)19)16-15(20)17-6-5-12(8-17)9-18/h3-4,7,12,18H,5-6,8-9H2,1-2H3,(H,16,20). The Bertz CT molecular complexity index is 528. The second kappa shape index (κ2) is 6.05. The van der Waals surface area contributed by atoms with Crippen LogP contribution in [0.15, 0.2) is 18.2 Å². The maximum Gasteiger partial charge on any atom is 0.321 e. The number of carbonyl (C=O) groups excluding carboxylic acids is 2. The Morgan fingerprint density at radius 2 is 2.20 bits per heavy atom. The van der Waals surface area contributed by atoms with Crippen molar-refractivity contribution >= 4 is 17.5 Å². The van der Waals surface area contributed by atoms with Crippen LogP contribution in [0.1, 0.15) is 29.3 Å². The number of anilines is 1. The van der Waals surface area contributed by atoms with Gasteiger partial charge in [-0.3, -0.25) is 4.79 Å². The number of hydrogen-bond donors (Lipinski definition) is 2. The van der Waals surface area contributed by atoms with Gasteiger partial charge in [0.25, 0.3) is 0 Å². The second-order valence-corrected chi connectivity index (χ2v) is 5.30. The van der Waals surface area contributed by atoms with Crippen LogP contribution in [-0.4, -0.2) is 41.5 Å². The molecule has 1 fully saturated rings. The first kappa shape index (κ1) is 14.5. The van der Waals surface area contributed by atoms with Crippen molar-refractivity contribution in [2.75, 3.05) is 25.0 Å². The largest absolute Gasteiger partial charge is 0.396 e. The summed E-state index contributed by atoms with van der Waals surface area (Å²) < 4.78 is 0. The lowest BCUT2D eigenvalue weighted by Crippen LogP contribution is -2.33. The molecule has 0 radical (unpaired) electrons. The van der Waals surface area contributed by atoms with Crippen LogP contribution < -0.4 is 5.32 Å². The van der Waals surface area contributed by atoms with E-state index in [0.29, 0.717) is 24.3 Å². The number of aliphatic hydroxyl groups excluding tert-OH is 1. The molecule has 108 valence electrons. The van der Waals surface area contributed by atoms with Gasteiger partial charge < -0.3 is 15.3 Å². The van der Waals surface area contributed by atoms with E-state index in [9.17, 15) is 9.59 Å². The number of carbonyl (C=O) groups is 2. The van der Waals surface area contributed by atoms with Gasteiger partial charge in [-0.05, 0) is 44.0 Å². The number of nitrogens with zero attached hydrogens (tertiary/aromatic N) is 1. The first-order valence-corrected chi connectivity index (χ1v) is 6.79. The first-order valence-electron chi connectivity index (χ1n) is 6.79. The monoisotopic (exact) mass is 276 g/mol. The van der Waals surface area contributed by atoms with Gasteiger partial charge in [-0.15, -0.1) is 0 Å². The Labute approximate surface area is 118 Å². The molecule has 1 aliphatic rings. The highest BCUT2D eigenvalue weighted by atomic mass is 16.3. The molecule has 2 rings (SSSR count). The molecule has 1 aliphatic heterocycles. The summed E-state index contributed by atoms with van der Waals surface area (Å²) in [6.45, 7) is 4.76. The maximum atomic E-state index is 12.1. The molecular formula is C15H20N2O3. The van der Waals surface area contributed by atoms with Crippen LogP contribution in [0.2, 0.25) is 0 Å². The lowest BCUT2D eigenvalue weighted by atomic mass is 10.1. The highest BCUT2D eigenvalue weighted by molar-refractivity contribution is 5.96. The summed E-state index contributed by atoms with van der Waals surface area (Å²) in [5.74, 6) is 0.202. The fourth-order valence-electron chi connectivity index (χ4n) is 2.51. The predicted octanol–water partition coefficient (Wildman–Crippen LogP) is 2.04. The maximum absolute atomic E-state index is 12.1. The minimum absolute atomic E-state index is 0.0192. The third kappa shape index (κ3) is 3.17. The number of urea groups is 1. The second-order valence-electron chi connectivity index (χ2n) is 5.30. The van der Waals surface area contributed by atoms with Crippen LogP contribution >= 0.6 is 0 Å². The highest BCUT2D eigenvalue weighted by Crippen LogP contribution is 2.19. The van der Waals surface area contributed by atoms with Crippen LogP contribution in [0.3, 0.4) is 0 Å². The van der Waals surface area contributed by atoms with Gasteiger partial charge in [-0.2, -0.15) is 0 Å². The summed E-state index contributed by atoms with van der Waals surface area (Å²) in [4.78, 5) is 25.1. The summed E-state index contributed by atoms with van der Waals surface area (Å²) in [5.41, 5.74) is 2.21. The molecule has 0 spiro atoms. The summed E-state index contributed by atoms with van der Waals surface area (Å²) >= 11 is 0. The number of nitrogens with one attached hydrogen (secondary N) is 1. The number of rotatable bonds is 3. The van der Waals surface area contributed by atoms with Crippen molar-refractivity contribution in [3.05, 3.63) is 29.3 Å². The minimum atomic E-state index is -0.157. The Balaban J connectivity index is 2.02. The minimum Gasteiger partial charge on any atom is -0.396 e. The Hall–Kier alpha value is -1.88. The molecule has 0 bridgehead atoms. The van der Waals surface area contributed by atoms with Crippen LogP contribution in [-0.2, 0) is 0 Å². The zero-order chi connectivity index (χ0) is 14.7. The summed E-state index contributed by atoms with van der Waals surface area (Å²) in [5, 5.41) is 11.9. The van der Waals surface area contributed by atoms with E-state index in [4.69, 9.17) is 5.11 Å². The SMILES string of the molecule is CC(=O)c1ccc(NC(=O)N2CCC(CO)C2)cc1C. The number of benzene rings is 1. The third-order valence-electron chi connectivity index (χ3n) is 3.69. The number of Topliss-reactive ketones (excluding diaryl/α,β-unsaturated/α-hetero) is 1. The molecule has 5 heteroatoms. The van der Waals surface area contributed by atoms with Gasteiger partial charge in [-0.1, -0.05) is 0 Å². The Kier molecular flexibility index (Phi) is 4.39. The average Bonchev–Trinajstić information content (AvgIpc) is 2.87. The Morgan fingerprint density at radius 3 is 2.75 bits per heavy atom. The number of hydrogen-bond acceptors (Lipinski definition) is 3. The third-order valence-corrected chi connectivity index (χ3v) is 3.69. The van der Waals surface area contributed by atoms with E-state index in [1.807, 2.05) is 6.92 Å². The number of amides is 2. The summed E-state index contributed by atoms with van der Waals surface area (Å²) in [6.07, 6.45) is 0.840. The van der Waals surface area contributed by atoms with E-state index in [2.05, 4.69) is 5.32 Å². The van der Waals surface area contributed by atoms with Crippen molar-refractivity contribution in [3.8, 4) is 0 Å². The Morgan fingerprint density at radius 1 is 1.45 bits per heavy atom. The average molecular weight is 276 g/mol. The molecule has 1 aromatic rings. The van der Waals surface area contributed by atoms with Crippen LogP contribution in [0, 0.1) is 12.8 Å². The van der Waals surface area contributed by atoms with Crippen molar-refractivity contribution in [1.82, 2.24) is 4.90 Å². The van der Waals surface area contributed by atoms with Gasteiger partial charge in [0.05, 0.1) is 0 Å². The summed E-state index contributed by atoms with van der Waals surface area (Å²) in [6, 6.07) is 5.11.